The minimum absolute atomic E-state index is 0.125. The molecule has 250 valence electrons. The lowest BCUT2D eigenvalue weighted by Gasteiger charge is -2.61. The van der Waals surface area contributed by atoms with Crippen LogP contribution in [0.4, 0.5) is 17.1 Å². The average molecular weight is 669 g/mol. The second-order valence-corrected chi connectivity index (χ2v) is 16.2. The van der Waals surface area contributed by atoms with Crippen LogP contribution in [0.2, 0.25) is 0 Å². The standard InChI is InChI=1S/C50H40N2/c1-2-12-40-34(10-1)11-9-19-47(40)51(37-20-22-38(23-21-37)52-48-17-7-4-14-43(48)44-15-5-8-18-49(44)52)39-24-25-42-41-13-3-6-16-45(41)50(46(42)31-39)35-27-32-26-33(29-35)30-36(50)28-32/h1-25,31-33,35-36H,26-30H2. The van der Waals surface area contributed by atoms with Gasteiger partial charge in [0.05, 0.1) is 16.7 Å². The van der Waals surface area contributed by atoms with Gasteiger partial charge in [-0.15, -0.1) is 0 Å². The van der Waals surface area contributed by atoms with Crippen molar-refractivity contribution < 1.29 is 0 Å². The molecule has 1 aromatic heterocycles. The molecule has 0 atom stereocenters. The number of para-hydroxylation sites is 2. The van der Waals surface area contributed by atoms with Gasteiger partial charge in [0, 0.05) is 38.6 Å². The van der Waals surface area contributed by atoms with Crippen molar-refractivity contribution in [3.63, 3.8) is 0 Å². The molecule has 13 rings (SSSR count). The molecule has 0 N–H and O–H groups in total. The van der Waals surface area contributed by atoms with Crippen LogP contribution in [-0.4, -0.2) is 4.57 Å². The summed E-state index contributed by atoms with van der Waals surface area (Å²) >= 11 is 0. The number of hydrogen-bond donors (Lipinski definition) is 0. The Morgan fingerprint density at radius 2 is 1.04 bits per heavy atom. The molecule has 1 spiro atoms. The van der Waals surface area contributed by atoms with Crippen LogP contribution in [0.15, 0.2) is 158 Å². The summed E-state index contributed by atoms with van der Waals surface area (Å²) in [5.41, 5.74) is 13.6. The molecular formula is C50H40N2. The lowest BCUT2D eigenvalue weighted by molar-refractivity contribution is -0.0399. The van der Waals surface area contributed by atoms with Gasteiger partial charge >= 0.3 is 0 Å². The van der Waals surface area contributed by atoms with Gasteiger partial charge < -0.3 is 9.47 Å². The average Bonchev–Trinajstić information content (AvgIpc) is 3.68. The molecule has 5 aliphatic rings. The zero-order valence-electron chi connectivity index (χ0n) is 29.3. The smallest absolute Gasteiger partial charge is 0.0541 e. The Kier molecular flexibility index (Phi) is 5.98. The predicted molar refractivity (Wildman–Crippen MR) is 216 cm³/mol. The molecule has 4 bridgehead atoms. The first kappa shape index (κ1) is 29.0. The number of fused-ring (bicyclic) bond motifs is 7. The van der Waals surface area contributed by atoms with Gasteiger partial charge in [-0.2, -0.15) is 0 Å². The largest absolute Gasteiger partial charge is 0.310 e. The van der Waals surface area contributed by atoms with Crippen molar-refractivity contribution in [1.29, 1.82) is 0 Å². The topological polar surface area (TPSA) is 8.17 Å². The van der Waals surface area contributed by atoms with Crippen molar-refractivity contribution in [1.82, 2.24) is 4.57 Å². The van der Waals surface area contributed by atoms with Crippen LogP contribution in [-0.2, 0) is 5.41 Å². The molecule has 0 unspecified atom stereocenters. The van der Waals surface area contributed by atoms with E-state index < -0.39 is 0 Å². The minimum Gasteiger partial charge on any atom is -0.310 e. The van der Waals surface area contributed by atoms with Gasteiger partial charge in [0.15, 0.2) is 0 Å². The van der Waals surface area contributed by atoms with Crippen LogP contribution in [0.1, 0.15) is 43.2 Å². The molecule has 2 heteroatoms. The van der Waals surface area contributed by atoms with Gasteiger partial charge in [0.1, 0.15) is 0 Å². The van der Waals surface area contributed by atoms with Gasteiger partial charge in [-0.1, -0.05) is 103 Å². The number of aromatic nitrogens is 1. The van der Waals surface area contributed by atoms with E-state index in [4.69, 9.17) is 0 Å². The molecule has 52 heavy (non-hydrogen) atoms. The van der Waals surface area contributed by atoms with Crippen LogP contribution in [0.5, 0.6) is 0 Å². The van der Waals surface area contributed by atoms with Crippen LogP contribution < -0.4 is 4.90 Å². The number of benzene rings is 7. The Morgan fingerprint density at radius 1 is 0.462 bits per heavy atom. The molecule has 0 aliphatic heterocycles. The van der Waals surface area contributed by atoms with Gasteiger partial charge in [-0.25, -0.2) is 0 Å². The maximum Gasteiger partial charge on any atom is 0.0541 e. The summed E-state index contributed by atoms with van der Waals surface area (Å²) in [7, 11) is 0. The van der Waals surface area contributed by atoms with Gasteiger partial charge in [0.2, 0.25) is 0 Å². The van der Waals surface area contributed by atoms with Crippen molar-refractivity contribution >= 4 is 49.6 Å². The fourth-order valence-corrected chi connectivity index (χ4v) is 12.1. The molecule has 8 aromatic rings. The lowest BCUT2D eigenvalue weighted by Crippen LogP contribution is -2.55. The lowest BCUT2D eigenvalue weighted by atomic mass is 9.43. The third-order valence-electron chi connectivity index (χ3n) is 13.7. The first-order valence-corrected chi connectivity index (χ1v) is 19.4. The van der Waals surface area contributed by atoms with Gasteiger partial charge in [0.25, 0.3) is 0 Å². The van der Waals surface area contributed by atoms with Crippen molar-refractivity contribution in [2.45, 2.75) is 37.5 Å². The number of nitrogens with zero attached hydrogens (tertiary/aromatic N) is 2. The van der Waals surface area contributed by atoms with E-state index in [0.717, 1.165) is 23.7 Å². The predicted octanol–water partition coefficient (Wildman–Crippen LogP) is 13.1. The van der Waals surface area contributed by atoms with E-state index in [2.05, 4.69) is 167 Å². The molecule has 7 aromatic carbocycles. The number of hydrogen-bond acceptors (Lipinski definition) is 1. The summed E-state index contributed by atoms with van der Waals surface area (Å²) in [5.74, 6) is 3.32. The van der Waals surface area contributed by atoms with Crippen molar-refractivity contribution in [2.75, 3.05) is 4.90 Å². The second-order valence-electron chi connectivity index (χ2n) is 16.2. The van der Waals surface area contributed by atoms with Crippen LogP contribution in [0, 0.1) is 23.7 Å². The first-order chi connectivity index (χ1) is 25.8. The molecule has 0 radical (unpaired) electrons. The first-order valence-electron chi connectivity index (χ1n) is 19.4. The summed E-state index contributed by atoms with van der Waals surface area (Å²) in [6, 6.07) is 59.4. The Bertz CT molecular complexity index is 2630. The Hall–Kier alpha value is -5.60. The quantitative estimate of drug-likeness (QED) is 0.181. The monoisotopic (exact) mass is 668 g/mol. The minimum atomic E-state index is 0.125. The molecule has 4 fully saturated rings. The van der Waals surface area contributed by atoms with Crippen molar-refractivity contribution in [2.24, 2.45) is 23.7 Å². The maximum absolute atomic E-state index is 2.63. The van der Waals surface area contributed by atoms with Crippen LogP contribution >= 0.6 is 0 Å². The summed E-state index contributed by atoms with van der Waals surface area (Å²) < 4.78 is 2.42. The molecule has 0 saturated heterocycles. The highest BCUT2D eigenvalue weighted by atomic mass is 15.1. The summed E-state index contributed by atoms with van der Waals surface area (Å²) in [6.45, 7) is 0. The Balaban J connectivity index is 1.06. The SMILES string of the molecule is c1ccc2c(c1)-c1ccc(N(c3ccc(-n4c5ccccc5c5ccccc54)cc3)c3cccc4ccccc34)cc1C21C2CC3CC(C2)CC1C3. The fourth-order valence-electron chi connectivity index (χ4n) is 12.1. The number of rotatable bonds is 4. The molecule has 2 nitrogen and oxygen atoms in total. The highest BCUT2D eigenvalue weighted by Crippen LogP contribution is 2.69. The van der Waals surface area contributed by atoms with Crippen LogP contribution in [0.3, 0.4) is 0 Å². The van der Waals surface area contributed by atoms with Gasteiger partial charge in [-0.05, 0) is 138 Å². The zero-order chi connectivity index (χ0) is 34.0. The third kappa shape index (κ3) is 3.85. The van der Waals surface area contributed by atoms with E-state index in [1.807, 2.05) is 0 Å². The normalized spacial score (nSPS) is 23.8. The summed E-state index contributed by atoms with van der Waals surface area (Å²) in [5, 5.41) is 5.11. The van der Waals surface area contributed by atoms with E-state index in [9.17, 15) is 0 Å². The second kappa shape index (κ2) is 10.7. The third-order valence-corrected chi connectivity index (χ3v) is 13.7. The Morgan fingerprint density at radius 3 is 1.77 bits per heavy atom. The molecule has 4 saturated carbocycles. The van der Waals surface area contributed by atoms with E-state index in [1.54, 1.807) is 11.1 Å². The van der Waals surface area contributed by atoms with Crippen LogP contribution in [0.25, 0.3) is 49.4 Å². The fraction of sp³-hybridized carbons (Fsp3) is 0.200. The van der Waals surface area contributed by atoms with Gasteiger partial charge in [-0.3, -0.25) is 0 Å². The van der Waals surface area contributed by atoms with Crippen molar-refractivity contribution in [3.8, 4) is 16.8 Å². The maximum atomic E-state index is 2.63. The molecule has 1 heterocycles. The van der Waals surface area contributed by atoms with E-state index in [-0.39, 0.29) is 5.41 Å². The van der Waals surface area contributed by atoms with Crippen molar-refractivity contribution in [3.05, 3.63) is 169 Å². The summed E-state index contributed by atoms with van der Waals surface area (Å²) in [6.07, 6.45) is 7.03. The molecule has 5 aliphatic carbocycles. The zero-order valence-corrected chi connectivity index (χ0v) is 29.3. The van der Waals surface area contributed by atoms with E-state index >= 15 is 0 Å². The van der Waals surface area contributed by atoms with E-state index in [0.29, 0.717) is 0 Å². The van der Waals surface area contributed by atoms with E-state index in [1.165, 1.54) is 98.6 Å². The number of anilines is 3. The Labute approximate surface area is 305 Å². The highest BCUT2D eigenvalue weighted by Gasteiger charge is 2.61. The highest BCUT2D eigenvalue weighted by molar-refractivity contribution is 6.09. The molecule has 0 amide bonds. The summed E-state index contributed by atoms with van der Waals surface area (Å²) in [4.78, 5) is 2.53. The molecular weight excluding hydrogens is 629 g/mol.